The molecule has 0 saturated carbocycles. The Morgan fingerprint density at radius 2 is 2.04 bits per heavy atom. The van der Waals surface area contributed by atoms with Crippen LogP contribution in [0.5, 0.6) is 0 Å². The molecule has 0 aliphatic carbocycles. The minimum atomic E-state index is -3.22. The predicted octanol–water partition coefficient (Wildman–Crippen LogP) is 1.48. The Morgan fingerprint density at radius 1 is 1.35 bits per heavy atom. The summed E-state index contributed by atoms with van der Waals surface area (Å²) < 4.78 is 29.0. The van der Waals surface area contributed by atoms with Crippen molar-refractivity contribution in [2.75, 3.05) is 17.2 Å². The molecule has 3 rings (SSSR count). The van der Waals surface area contributed by atoms with Crippen LogP contribution in [-0.2, 0) is 9.84 Å². The summed E-state index contributed by atoms with van der Waals surface area (Å²) in [5.74, 6) is 1.08. The van der Waals surface area contributed by atoms with Gasteiger partial charge in [-0.05, 0) is 31.2 Å². The number of β-amino-alcohol motifs (C(OH)–C–C–N with tert-alkyl or cyclic N) is 1. The topological polar surface area (TPSA) is 96.5 Å². The van der Waals surface area contributed by atoms with Crippen LogP contribution in [0.3, 0.4) is 0 Å². The number of aliphatic hydroxyl groups excluding tert-OH is 1. The van der Waals surface area contributed by atoms with E-state index in [2.05, 4.69) is 10.1 Å². The number of sulfone groups is 1. The lowest BCUT2D eigenvalue weighted by Crippen LogP contribution is -2.24. The average molecular weight is 337 g/mol. The molecule has 7 nitrogen and oxygen atoms in total. The lowest BCUT2D eigenvalue weighted by molar-refractivity contribution is 0.191. The van der Waals surface area contributed by atoms with Gasteiger partial charge in [0.15, 0.2) is 15.7 Å². The zero-order chi connectivity index (χ0) is 16.6. The molecular formula is C15H19N3O4S. The zero-order valence-corrected chi connectivity index (χ0v) is 13.8. The molecule has 1 aromatic heterocycles. The van der Waals surface area contributed by atoms with Crippen molar-refractivity contribution in [2.45, 2.75) is 37.3 Å². The maximum absolute atomic E-state index is 11.9. The third kappa shape index (κ3) is 3.09. The van der Waals surface area contributed by atoms with Crippen LogP contribution in [0.2, 0.25) is 0 Å². The highest BCUT2D eigenvalue weighted by atomic mass is 32.2. The van der Waals surface area contributed by atoms with Crippen molar-refractivity contribution in [2.24, 2.45) is 0 Å². The zero-order valence-electron chi connectivity index (χ0n) is 13.0. The Labute approximate surface area is 134 Å². The second-order valence-corrected chi connectivity index (χ2v) is 7.91. The van der Waals surface area contributed by atoms with Gasteiger partial charge in [-0.15, -0.1) is 0 Å². The van der Waals surface area contributed by atoms with Gasteiger partial charge in [-0.2, -0.15) is 4.98 Å². The van der Waals surface area contributed by atoms with Gasteiger partial charge < -0.3 is 14.5 Å². The molecule has 0 spiro atoms. The molecule has 8 heteroatoms. The van der Waals surface area contributed by atoms with E-state index in [0.717, 1.165) is 5.69 Å². The Balaban J connectivity index is 1.90. The molecule has 2 atom stereocenters. The molecule has 23 heavy (non-hydrogen) atoms. The summed E-state index contributed by atoms with van der Waals surface area (Å²) in [4.78, 5) is 6.50. The number of aryl methyl sites for hydroxylation is 1. The summed E-state index contributed by atoms with van der Waals surface area (Å²) in [7, 11) is -3.22. The second kappa shape index (κ2) is 5.93. The van der Waals surface area contributed by atoms with Crippen LogP contribution in [0.15, 0.2) is 33.7 Å². The van der Waals surface area contributed by atoms with Gasteiger partial charge in [0.1, 0.15) is 6.04 Å². The van der Waals surface area contributed by atoms with E-state index in [4.69, 9.17) is 4.52 Å². The Bertz CT molecular complexity index is 785. The van der Waals surface area contributed by atoms with Gasteiger partial charge in [0.25, 0.3) is 0 Å². The summed E-state index contributed by atoms with van der Waals surface area (Å²) in [6.45, 7) is 3.80. The lowest BCUT2D eigenvalue weighted by Gasteiger charge is -2.24. The fourth-order valence-electron chi connectivity index (χ4n) is 2.79. The monoisotopic (exact) mass is 337 g/mol. The van der Waals surface area contributed by atoms with Crippen molar-refractivity contribution in [1.29, 1.82) is 0 Å². The Morgan fingerprint density at radius 3 is 2.61 bits per heavy atom. The van der Waals surface area contributed by atoms with Crippen LogP contribution in [-0.4, -0.2) is 42.1 Å². The van der Waals surface area contributed by atoms with Gasteiger partial charge in [-0.1, -0.05) is 12.1 Å². The first-order valence-electron chi connectivity index (χ1n) is 7.48. The van der Waals surface area contributed by atoms with Crippen molar-refractivity contribution in [3.05, 3.63) is 36.0 Å². The van der Waals surface area contributed by atoms with Crippen molar-refractivity contribution < 1.29 is 18.0 Å². The molecule has 0 radical (unpaired) electrons. The Kier molecular flexibility index (Phi) is 4.11. The minimum absolute atomic E-state index is 0.0681. The molecular weight excluding hydrogens is 318 g/mol. The second-order valence-electron chi connectivity index (χ2n) is 5.63. The highest BCUT2D eigenvalue weighted by Crippen LogP contribution is 2.35. The maximum atomic E-state index is 11.9. The highest BCUT2D eigenvalue weighted by molar-refractivity contribution is 7.91. The SMILES string of the molecule is CCS(=O)(=O)c1ccc(N2C[C@@H](O)C[C@@H]2c2nc(C)no2)cc1. The van der Waals surface area contributed by atoms with Gasteiger partial charge in [0.05, 0.1) is 16.8 Å². The molecule has 0 amide bonds. The number of hydrogen-bond acceptors (Lipinski definition) is 7. The summed E-state index contributed by atoms with van der Waals surface area (Å²) in [5, 5.41) is 13.8. The van der Waals surface area contributed by atoms with E-state index in [9.17, 15) is 13.5 Å². The van der Waals surface area contributed by atoms with Crippen molar-refractivity contribution in [3.63, 3.8) is 0 Å². The number of rotatable bonds is 4. The fraction of sp³-hybridized carbons (Fsp3) is 0.467. The standard InChI is InChI=1S/C15H19N3O4S/c1-3-23(20,21)13-6-4-11(5-7-13)18-9-12(19)8-14(18)15-16-10(2)17-22-15/h4-7,12,14,19H,3,8-9H2,1-2H3/t12-,14+/m0/s1. The number of hydrogen-bond donors (Lipinski definition) is 1. The van der Waals surface area contributed by atoms with E-state index in [1.807, 2.05) is 4.90 Å². The van der Waals surface area contributed by atoms with E-state index < -0.39 is 15.9 Å². The van der Waals surface area contributed by atoms with Crippen LogP contribution in [0.4, 0.5) is 5.69 Å². The molecule has 1 aliphatic rings. The van der Waals surface area contributed by atoms with Gasteiger partial charge in [-0.3, -0.25) is 0 Å². The van der Waals surface area contributed by atoms with Crippen molar-refractivity contribution in [3.8, 4) is 0 Å². The van der Waals surface area contributed by atoms with E-state index in [1.165, 1.54) is 0 Å². The van der Waals surface area contributed by atoms with Gasteiger partial charge >= 0.3 is 0 Å². The van der Waals surface area contributed by atoms with E-state index in [1.54, 1.807) is 38.1 Å². The van der Waals surface area contributed by atoms with Crippen LogP contribution in [0.25, 0.3) is 0 Å². The molecule has 124 valence electrons. The first kappa shape index (κ1) is 15.9. The third-order valence-electron chi connectivity index (χ3n) is 4.01. The van der Waals surface area contributed by atoms with E-state index in [-0.39, 0.29) is 11.8 Å². The summed E-state index contributed by atoms with van der Waals surface area (Å²) >= 11 is 0. The summed E-state index contributed by atoms with van der Waals surface area (Å²) in [6.07, 6.45) is 0.00246. The molecule has 1 N–H and O–H groups in total. The fourth-order valence-corrected chi connectivity index (χ4v) is 3.68. The molecule has 1 aromatic carbocycles. The lowest BCUT2D eigenvalue weighted by atomic mass is 10.2. The highest BCUT2D eigenvalue weighted by Gasteiger charge is 2.36. The van der Waals surface area contributed by atoms with Gasteiger partial charge in [0.2, 0.25) is 5.89 Å². The normalized spacial score (nSPS) is 21.8. The van der Waals surface area contributed by atoms with Gasteiger partial charge in [-0.25, -0.2) is 8.42 Å². The first-order valence-corrected chi connectivity index (χ1v) is 9.13. The number of aliphatic hydroxyl groups is 1. The largest absolute Gasteiger partial charge is 0.391 e. The summed E-state index contributed by atoms with van der Waals surface area (Å²) in [6, 6.07) is 6.47. The maximum Gasteiger partial charge on any atom is 0.249 e. The minimum Gasteiger partial charge on any atom is -0.391 e. The molecule has 1 aliphatic heterocycles. The molecule has 2 heterocycles. The van der Waals surface area contributed by atoms with Crippen LogP contribution in [0, 0.1) is 6.92 Å². The number of benzene rings is 1. The first-order chi connectivity index (χ1) is 10.9. The quantitative estimate of drug-likeness (QED) is 0.902. The van der Waals surface area contributed by atoms with E-state index in [0.29, 0.717) is 29.6 Å². The van der Waals surface area contributed by atoms with Crippen LogP contribution < -0.4 is 4.90 Å². The van der Waals surface area contributed by atoms with Crippen molar-refractivity contribution in [1.82, 2.24) is 10.1 Å². The molecule has 0 bridgehead atoms. The smallest absolute Gasteiger partial charge is 0.249 e. The van der Waals surface area contributed by atoms with Gasteiger partial charge in [0, 0.05) is 18.7 Å². The number of aromatic nitrogens is 2. The number of nitrogens with zero attached hydrogens (tertiary/aromatic N) is 3. The Hall–Kier alpha value is -1.93. The summed E-state index contributed by atoms with van der Waals surface area (Å²) in [5.41, 5.74) is 0.817. The molecule has 1 fully saturated rings. The molecule has 0 unspecified atom stereocenters. The van der Waals surface area contributed by atoms with E-state index >= 15 is 0 Å². The number of anilines is 1. The molecule has 1 saturated heterocycles. The van der Waals surface area contributed by atoms with Crippen LogP contribution >= 0.6 is 0 Å². The van der Waals surface area contributed by atoms with Crippen LogP contribution in [0.1, 0.15) is 31.1 Å². The third-order valence-corrected chi connectivity index (χ3v) is 5.77. The van der Waals surface area contributed by atoms with Crippen molar-refractivity contribution >= 4 is 15.5 Å². The predicted molar refractivity (Wildman–Crippen MR) is 83.9 cm³/mol. The average Bonchev–Trinajstić information content (AvgIpc) is 3.13. The molecule has 2 aromatic rings.